The van der Waals surface area contributed by atoms with Crippen molar-refractivity contribution in [3.8, 4) is 0 Å². The lowest BCUT2D eigenvalue weighted by Gasteiger charge is -2.39. The summed E-state index contributed by atoms with van der Waals surface area (Å²) in [6, 6.07) is 0.450. The van der Waals surface area contributed by atoms with Gasteiger partial charge in [-0.2, -0.15) is 0 Å². The molecule has 0 aromatic carbocycles. The fourth-order valence-corrected chi connectivity index (χ4v) is 3.81. The third kappa shape index (κ3) is 4.23. The Morgan fingerprint density at radius 1 is 1.00 bits per heavy atom. The summed E-state index contributed by atoms with van der Waals surface area (Å²) < 4.78 is 0. The van der Waals surface area contributed by atoms with Gasteiger partial charge in [0.15, 0.2) is 0 Å². The number of amides is 2. The monoisotopic (exact) mass is 308 g/mol. The zero-order valence-electron chi connectivity index (χ0n) is 14.4. The molecule has 2 amide bonds. The maximum atomic E-state index is 12.8. The standard InChI is InChI=1S/C18H32N2O2/c1-3-5-9-17(21)19-13-10-15(11-14-19)18(22)20-12-7-6-8-16(20)4-2/h15-16H,3-14H2,1-2H3. The smallest absolute Gasteiger partial charge is 0.226 e. The van der Waals surface area contributed by atoms with Gasteiger partial charge >= 0.3 is 0 Å². The molecule has 1 unspecified atom stereocenters. The third-order valence-electron chi connectivity index (χ3n) is 5.32. The normalized spacial score (nSPS) is 23.6. The molecule has 0 radical (unpaired) electrons. The first-order valence-corrected chi connectivity index (χ1v) is 9.25. The number of hydrogen-bond acceptors (Lipinski definition) is 2. The highest BCUT2D eigenvalue weighted by molar-refractivity contribution is 5.80. The van der Waals surface area contributed by atoms with Crippen LogP contribution in [0.3, 0.4) is 0 Å². The SMILES string of the molecule is CCCCC(=O)N1CCC(C(=O)N2CCCCC2CC)CC1. The summed E-state index contributed by atoms with van der Waals surface area (Å²) in [6.07, 6.45) is 9.05. The van der Waals surface area contributed by atoms with Crippen LogP contribution < -0.4 is 0 Å². The molecule has 0 bridgehead atoms. The van der Waals surface area contributed by atoms with Gasteiger partial charge in [0.05, 0.1) is 0 Å². The Labute approximate surface area is 135 Å². The van der Waals surface area contributed by atoms with Crippen LogP contribution in [0.5, 0.6) is 0 Å². The molecule has 22 heavy (non-hydrogen) atoms. The number of unbranched alkanes of at least 4 members (excludes halogenated alkanes) is 1. The number of nitrogens with zero attached hydrogens (tertiary/aromatic N) is 2. The minimum atomic E-state index is 0.141. The molecule has 0 aromatic heterocycles. The third-order valence-corrected chi connectivity index (χ3v) is 5.32. The predicted molar refractivity (Wildman–Crippen MR) is 88.5 cm³/mol. The number of rotatable bonds is 5. The highest BCUT2D eigenvalue weighted by Crippen LogP contribution is 2.26. The van der Waals surface area contributed by atoms with Crippen LogP contribution in [0.4, 0.5) is 0 Å². The van der Waals surface area contributed by atoms with Gasteiger partial charge in [-0.05, 0) is 44.9 Å². The Kier molecular flexibility index (Phi) is 6.71. The van der Waals surface area contributed by atoms with Crippen LogP contribution in [0.25, 0.3) is 0 Å². The topological polar surface area (TPSA) is 40.6 Å². The Morgan fingerprint density at radius 2 is 1.73 bits per heavy atom. The maximum Gasteiger partial charge on any atom is 0.226 e. The van der Waals surface area contributed by atoms with Gasteiger partial charge in [0.25, 0.3) is 0 Å². The molecule has 0 aliphatic carbocycles. The number of hydrogen-bond donors (Lipinski definition) is 0. The summed E-state index contributed by atoms with van der Waals surface area (Å²) in [6.45, 7) is 6.77. The molecule has 0 aromatic rings. The fourth-order valence-electron chi connectivity index (χ4n) is 3.81. The number of carbonyl (C=O) groups excluding carboxylic acids is 2. The summed E-state index contributed by atoms with van der Waals surface area (Å²) in [7, 11) is 0. The second-order valence-electron chi connectivity index (χ2n) is 6.85. The van der Waals surface area contributed by atoms with Crippen molar-refractivity contribution in [3.63, 3.8) is 0 Å². The molecule has 2 heterocycles. The summed E-state index contributed by atoms with van der Waals surface area (Å²) >= 11 is 0. The minimum Gasteiger partial charge on any atom is -0.343 e. The van der Waals surface area contributed by atoms with Gasteiger partial charge in [-0.15, -0.1) is 0 Å². The van der Waals surface area contributed by atoms with Gasteiger partial charge in [0, 0.05) is 38.0 Å². The van der Waals surface area contributed by atoms with Crippen molar-refractivity contribution < 1.29 is 9.59 Å². The van der Waals surface area contributed by atoms with Crippen LogP contribution in [0.1, 0.15) is 71.6 Å². The first-order valence-electron chi connectivity index (χ1n) is 9.25. The van der Waals surface area contributed by atoms with E-state index in [0.29, 0.717) is 18.4 Å². The average Bonchev–Trinajstić information content (AvgIpc) is 2.59. The molecule has 0 spiro atoms. The molecule has 4 nitrogen and oxygen atoms in total. The highest BCUT2D eigenvalue weighted by atomic mass is 16.2. The first kappa shape index (κ1) is 17.3. The van der Waals surface area contributed by atoms with Crippen molar-refractivity contribution in [3.05, 3.63) is 0 Å². The zero-order chi connectivity index (χ0) is 15.9. The molecule has 2 fully saturated rings. The lowest BCUT2D eigenvalue weighted by atomic mass is 9.91. The Bertz CT molecular complexity index is 375. The summed E-state index contributed by atoms with van der Waals surface area (Å²) in [5, 5.41) is 0. The van der Waals surface area contributed by atoms with Crippen molar-refractivity contribution >= 4 is 11.8 Å². The lowest BCUT2D eigenvalue weighted by Crippen LogP contribution is -2.49. The molecular formula is C18H32N2O2. The van der Waals surface area contributed by atoms with Gasteiger partial charge in [0.2, 0.25) is 11.8 Å². The molecule has 4 heteroatoms. The van der Waals surface area contributed by atoms with E-state index >= 15 is 0 Å². The molecule has 2 aliphatic rings. The molecule has 0 N–H and O–H groups in total. The summed E-state index contributed by atoms with van der Waals surface area (Å²) in [5.74, 6) is 0.770. The molecule has 126 valence electrons. The van der Waals surface area contributed by atoms with Gasteiger partial charge in [-0.1, -0.05) is 20.3 Å². The second kappa shape index (κ2) is 8.54. The van der Waals surface area contributed by atoms with Crippen LogP contribution in [0, 0.1) is 5.92 Å². The molecule has 2 saturated heterocycles. The van der Waals surface area contributed by atoms with E-state index in [1.165, 1.54) is 6.42 Å². The zero-order valence-corrected chi connectivity index (χ0v) is 14.4. The minimum absolute atomic E-state index is 0.141. The second-order valence-corrected chi connectivity index (χ2v) is 6.85. The van der Waals surface area contributed by atoms with Crippen molar-refractivity contribution in [2.45, 2.75) is 77.7 Å². The van der Waals surface area contributed by atoms with E-state index in [-0.39, 0.29) is 11.8 Å². The van der Waals surface area contributed by atoms with Crippen molar-refractivity contribution in [2.24, 2.45) is 5.92 Å². The Hall–Kier alpha value is -1.06. The van der Waals surface area contributed by atoms with Gasteiger partial charge in [-0.3, -0.25) is 9.59 Å². The van der Waals surface area contributed by atoms with Crippen LogP contribution in [-0.2, 0) is 9.59 Å². The van der Waals surface area contributed by atoms with E-state index in [9.17, 15) is 9.59 Å². The van der Waals surface area contributed by atoms with E-state index in [4.69, 9.17) is 0 Å². The van der Waals surface area contributed by atoms with Crippen LogP contribution >= 0.6 is 0 Å². The molecule has 2 aliphatic heterocycles. The predicted octanol–water partition coefficient (Wildman–Crippen LogP) is 3.21. The van der Waals surface area contributed by atoms with Gasteiger partial charge in [-0.25, -0.2) is 0 Å². The Balaban J connectivity index is 1.82. The largest absolute Gasteiger partial charge is 0.343 e. The van der Waals surface area contributed by atoms with E-state index < -0.39 is 0 Å². The lowest BCUT2D eigenvalue weighted by molar-refractivity contribution is -0.143. The van der Waals surface area contributed by atoms with E-state index in [0.717, 1.165) is 64.6 Å². The van der Waals surface area contributed by atoms with Gasteiger partial charge in [0.1, 0.15) is 0 Å². The molecule has 1 atom stereocenters. The van der Waals surface area contributed by atoms with E-state index in [2.05, 4.69) is 18.7 Å². The summed E-state index contributed by atoms with van der Waals surface area (Å²) in [5.41, 5.74) is 0. The van der Waals surface area contributed by atoms with Crippen molar-refractivity contribution in [2.75, 3.05) is 19.6 Å². The van der Waals surface area contributed by atoms with Crippen molar-refractivity contribution in [1.82, 2.24) is 9.80 Å². The van der Waals surface area contributed by atoms with Crippen LogP contribution in [-0.4, -0.2) is 47.3 Å². The van der Waals surface area contributed by atoms with Crippen LogP contribution in [0.15, 0.2) is 0 Å². The molecule has 0 saturated carbocycles. The number of likely N-dealkylation sites (tertiary alicyclic amines) is 2. The van der Waals surface area contributed by atoms with E-state index in [1.54, 1.807) is 0 Å². The van der Waals surface area contributed by atoms with Gasteiger partial charge < -0.3 is 9.80 Å². The fraction of sp³-hybridized carbons (Fsp3) is 0.889. The maximum absolute atomic E-state index is 12.8. The highest BCUT2D eigenvalue weighted by Gasteiger charge is 2.33. The first-order chi connectivity index (χ1) is 10.7. The molecule has 2 rings (SSSR count). The van der Waals surface area contributed by atoms with Crippen LogP contribution in [0.2, 0.25) is 0 Å². The van der Waals surface area contributed by atoms with E-state index in [1.807, 2.05) is 4.90 Å². The number of carbonyl (C=O) groups is 2. The molecular weight excluding hydrogens is 276 g/mol. The quantitative estimate of drug-likeness (QED) is 0.782. The number of piperidine rings is 2. The average molecular weight is 308 g/mol. The summed E-state index contributed by atoms with van der Waals surface area (Å²) in [4.78, 5) is 29.0. The Morgan fingerprint density at radius 3 is 2.36 bits per heavy atom. The van der Waals surface area contributed by atoms with Crippen molar-refractivity contribution in [1.29, 1.82) is 0 Å².